The molecule has 0 bridgehead atoms. The third kappa shape index (κ3) is 4.78. The second-order valence-electron chi connectivity index (χ2n) is 6.54. The molecule has 0 radical (unpaired) electrons. The summed E-state index contributed by atoms with van der Waals surface area (Å²) in [4.78, 5) is 4.95. The molecular weight excluding hydrogens is 266 g/mol. The van der Waals surface area contributed by atoms with E-state index in [-0.39, 0.29) is 12.1 Å². The Bertz CT molecular complexity index is 423. The summed E-state index contributed by atoms with van der Waals surface area (Å²) < 4.78 is 1.78. The van der Waals surface area contributed by atoms with E-state index >= 15 is 0 Å². The highest BCUT2D eigenvalue weighted by Crippen LogP contribution is 2.15. The van der Waals surface area contributed by atoms with E-state index in [0.29, 0.717) is 6.54 Å². The Hall–Kier alpha value is -0.950. The number of likely N-dealkylation sites (N-methyl/N-ethyl adjacent to an activating group) is 1. The van der Waals surface area contributed by atoms with E-state index < -0.39 is 0 Å². The summed E-state index contributed by atoms with van der Waals surface area (Å²) in [5, 5.41) is 16.6. The molecule has 1 aromatic rings. The summed E-state index contributed by atoms with van der Waals surface area (Å²) in [6.45, 7) is 11.7. The molecule has 1 saturated heterocycles. The largest absolute Gasteiger partial charge is 0.394 e. The van der Waals surface area contributed by atoms with Gasteiger partial charge in [-0.25, -0.2) is 0 Å². The standard InChI is InChI=1S/C15H29N5O/c1-15(2,19-6-4-18(3)5-7-19)13-16-10-14-11-17-20(12-14)8-9-21/h11-12,16,21H,4-10,13H2,1-3H3. The first-order chi connectivity index (χ1) is 10.0. The lowest BCUT2D eigenvalue weighted by molar-refractivity contribution is 0.0618. The van der Waals surface area contributed by atoms with Crippen molar-refractivity contribution in [1.29, 1.82) is 0 Å². The maximum atomic E-state index is 8.89. The van der Waals surface area contributed by atoms with Crippen molar-refractivity contribution < 1.29 is 5.11 Å². The van der Waals surface area contributed by atoms with Gasteiger partial charge in [-0.2, -0.15) is 5.10 Å². The fourth-order valence-electron chi connectivity index (χ4n) is 2.76. The molecule has 1 aliphatic rings. The van der Waals surface area contributed by atoms with Gasteiger partial charge in [-0.15, -0.1) is 0 Å². The molecule has 1 aliphatic heterocycles. The molecule has 2 N–H and O–H groups in total. The molecule has 0 atom stereocenters. The van der Waals surface area contributed by atoms with Crippen molar-refractivity contribution in [2.45, 2.75) is 32.5 Å². The maximum absolute atomic E-state index is 8.89. The molecule has 0 saturated carbocycles. The second-order valence-corrected chi connectivity index (χ2v) is 6.54. The predicted molar refractivity (Wildman–Crippen MR) is 84.2 cm³/mol. The van der Waals surface area contributed by atoms with Gasteiger partial charge in [0.2, 0.25) is 0 Å². The zero-order valence-corrected chi connectivity index (χ0v) is 13.5. The van der Waals surface area contributed by atoms with E-state index in [1.165, 1.54) is 0 Å². The first-order valence-corrected chi connectivity index (χ1v) is 7.78. The third-order valence-electron chi connectivity index (χ3n) is 4.26. The van der Waals surface area contributed by atoms with Crippen molar-refractivity contribution >= 4 is 0 Å². The van der Waals surface area contributed by atoms with Crippen molar-refractivity contribution in [3.8, 4) is 0 Å². The molecule has 0 amide bonds. The fraction of sp³-hybridized carbons (Fsp3) is 0.800. The van der Waals surface area contributed by atoms with Gasteiger partial charge >= 0.3 is 0 Å². The number of nitrogens with zero attached hydrogens (tertiary/aromatic N) is 4. The lowest BCUT2D eigenvalue weighted by Gasteiger charge is -2.43. The Morgan fingerprint density at radius 1 is 1.29 bits per heavy atom. The Labute approximate surface area is 127 Å². The summed E-state index contributed by atoms with van der Waals surface area (Å²) in [7, 11) is 2.19. The summed E-state index contributed by atoms with van der Waals surface area (Å²) in [5.74, 6) is 0. The molecule has 1 aromatic heterocycles. The highest BCUT2D eigenvalue weighted by molar-refractivity contribution is 5.03. The lowest BCUT2D eigenvalue weighted by atomic mass is 10.0. The highest BCUT2D eigenvalue weighted by Gasteiger charge is 2.28. The molecule has 120 valence electrons. The summed E-state index contributed by atoms with van der Waals surface area (Å²) in [6.07, 6.45) is 3.86. The van der Waals surface area contributed by atoms with Crippen LogP contribution in [0.15, 0.2) is 12.4 Å². The molecule has 0 aromatic carbocycles. The van der Waals surface area contributed by atoms with Crippen LogP contribution in [0.2, 0.25) is 0 Å². The molecule has 0 aliphatic carbocycles. The van der Waals surface area contributed by atoms with Crippen molar-refractivity contribution in [1.82, 2.24) is 24.9 Å². The Balaban J connectivity index is 1.75. The van der Waals surface area contributed by atoms with E-state index in [9.17, 15) is 0 Å². The van der Waals surface area contributed by atoms with E-state index in [4.69, 9.17) is 5.11 Å². The summed E-state index contributed by atoms with van der Waals surface area (Å²) in [5.41, 5.74) is 1.33. The molecular formula is C15H29N5O. The van der Waals surface area contributed by atoms with Crippen molar-refractivity contribution in [3.63, 3.8) is 0 Å². The average Bonchev–Trinajstić information content (AvgIpc) is 2.87. The first kappa shape index (κ1) is 16.4. The van der Waals surface area contributed by atoms with E-state index in [2.05, 4.69) is 41.1 Å². The number of hydrogen-bond acceptors (Lipinski definition) is 5. The van der Waals surface area contributed by atoms with Gasteiger partial charge in [0.25, 0.3) is 0 Å². The molecule has 2 rings (SSSR count). The van der Waals surface area contributed by atoms with Crippen molar-refractivity contribution in [2.75, 3.05) is 46.4 Å². The van der Waals surface area contributed by atoms with Crippen LogP contribution in [0.25, 0.3) is 0 Å². The maximum Gasteiger partial charge on any atom is 0.0640 e. The number of piperazine rings is 1. The van der Waals surface area contributed by atoms with Gasteiger partial charge < -0.3 is 15.3 Å². The zero-order chi connectivity index (χ0) is 15.3. The normalized spacial score (nSPS) is 18.3. The first-order valence-electron chi connectivity index (χ1n) is 7.78. The van der Waals surface area contributed by atoms with E-state index in [1.807, 2.05) is 12.4 Å². The van der Waals surface area contributed by atoms with Crippen LogP contribution >= 0.6 is 0 Å². The third-order valence-corrected chi connectivity index (χ3v) is 4.26. The Morgan fingerprint density at radius 3 is 2.67 bits per heavy atom. The van der Waals surface area contributed by atoms with E-state index in [1.54, 1.807) is 4.68 Å². The lowest BCUT2D eigenvalue weighted by Crippen LogP contribution is -2.57. The minimum absolute atomic E-state index is 0.130. The smallest absolute Gasteiger partial charge is 0.0640 e. The average molecular weight is 295 g/mol. The van der Waals surface area contributed by atoms with Crippen LogP contribution in [0.5, 0.6) is 0 Å². The molecule has 6 heteroatoms. The summed E-state index contributed by atoms with van der Waals surface area (Å²) >= 11 is 0. The predicted octanol–water partition coefficient (Wildman–Crippen LogP) is -0.00900. The van der Waals surface area contributed by atoms with Crippen LogP contribution in [0.1, 0.15) is 19.4 Å². The van der Waals surface area contributed by atoms with Gasteiger partial charge in [0.1, 0.15) is 0 Å². The van der Waals surface area contributed by atoms with Crippen LogP contribution in [-0.2, 0) is 13.1 Å². The Morgan fingerprint density at radius 2 is 2.00 bits per heavy atom. The number of rotatable bonds is 7. The van der Waals surface area contributed by atoms with Crippen LogP contribution in [-0.4, -0.2) is 76.6 Å². The molecule has 2 heterocycles. The monoisotopic (exact) mass is 295 g/mol. The van der Waals surface area contributed by atoms with Crippen molar-refractivity contribution in [3.05, 3.63) is 18.0 Å². The second kappa shape index (κ2) is 7.35. The van der Waals surface area contributed by atoms with Gasteiger partial charge in [0, 0.05) is 56.6 Å². The van der Waals surface area contributed by atoms with Gasteiger partial charge in [0.05, 0.1) is 19.3 Å². The van der Waals surface area contributed by atoms with Gasteiger partial charge in [-0.05, 0) is 20.9 Å². The van der Waals surface area contributed by atoms with E-state index in [0.717, 1.165) is 44.8 Å². The number of nitrogens with one attached hydrogen (secondary N) is 1. The van der Waals surface area contributed by atoms with Crippen LogP contribution in [0.3, 0.4) is 0 Å². The van der Waals surface area contributed by atoms with Crippen LogP contribution in [0.4, 0.5) is 0 Å². The Kier molecular flexibility index (Phi) is 5.75. The molecule has 21 heavy (non-hydrogen) atoms. The fourth-order valence-corrected chi connectivity index (χ4v) is 2.76. The molecule has 0 spiro atoms. The number of aromatic nitrogens is 2. The SMILES string of the molecule is CN1CCN(C(C)(C)CNCc2cnn(CCO)c2)CC1. The highest BCUT2D eigenvalue weighted by atomic mass is 16.3. The number of aliphatic hydroxyl groups is 1. The van der Waals surface area contributed by atoms with Crippen LogP contribution < -0.4 is 5.32 Å². The number of aliphatic hydroxyl groups excluding tert-OH is 1. The molecule has 6 nitrogen and oxygen atoms in total. The van der Waals surface area contributed by atoms with Gasteiger partial charge in [0.15, 0.2) is 0 Å². The quantitative estimate of drug-likeness (QED) is 0.741. The van der Waals surface area contributed by atoms with Crippen molar-refractivity contribution in [2.24, 2.45) is 0 Å². The number of hydrogen-bond donors (Lipinski definition) is 2. The zero-order valence-electron chi connectivity index (χ0n) is 13.5. The minimum Gasteiger partial charge on any atom is -0.394 e. The van der Waals surface area contributed by atoms with Gasteiger partial charge in [-0.3, -0.25) is 9.58 Å². The molecule has 0 unspecified atom stereocenters. The topological polar surface area (TPSA) is 56.6 Å². The summed E-state index contributed by atoms with van der Waals surface area (Å²) in [6, 6.07) is 0. The van der Waals surface area contributed by atoms with Crippen LogP contribution in [0, 0.1) is 0 Å². The molecule has 1 fully saturated rings. The minimum atomic E-state index is 0.130. The van der Waals surface area contributed by atoms with Gasteiger partial charge in [-0.1, -0.05) is 0 Å².